The van der Waals surface area contributed by atoms with Crippen LogP contribution < -0.4 is 10.6 Å². The number of carbonyl (C=O) groups is 1. The van der Waals surface area contributed by atoms with E-state index in [0.29, 0.717) is 17.2 Å². The summed E-state index contributed by atoms with van der Waals surface area (Å²) in [7, 11) is 0. The van der Waals surface area contributed by atoms with Crippen molar-refractivity contribution in [3.63, 3.8) is 0 Å². The molecule has 2 N–H and O–H groups in total. The van der Waals surface area contributed by atoms with Crippen molar-refractivity contribution in [2.45, 2.75) is 26.4 Å². The van der Waals surface area contributed by atoms with E-state index in [9.17, 15) is 14.9 Å². The molecule has 134 valence electrons. The van der Waals surface area contributed by atoms with Crippen molar-refractivity contribution in [3.8, 4) is 0 Å². The third kappa shape index (κ3) is 3.61. The Labute approximate surface area is 149 Å². The van der Waals surface area contributed by atoms with Crippen molar-refractivity contribution in [2.24, 2.45) is 0 Å². The van der Waals surface area contributed by atoms with Gasteiger partial charge in [0.05, 0.1) is 11.5 Å². The highest BCUT2D eigenvalue weighted by Gasteiger charge is 2.18. The van der Waals surface area contributed by atoms with Gasteiger partial charge in [0.15, 0.2) is 11.5 Å². The number of benzene rings is 1. The van der Waals surface area contributed by atoms with Crippen LogP contribution in [0.1, 0.15) is 30.0 Å². The minimum atomic E-state index is -0.517. The van der Waals surface area contributed by atoms with E-state index in [1.165, 1.54) is 12.1 Å². The Balaban J connectivity index is 1.83. The molecule has 0 aliphatic carbocycles. The molecule has 0 unspecified atom stereocenters. The molecule has 0 fully saturated rings. The Hall–Kier alpha value is -3.49. The van der Waals surface area contributed by atoms with Gasteiger partial charge in [0.25, 0.3) is 11.6 Å². The lowest BCUT2D eigenvalue weighted by Crippen LogP contribution is -2.30. The Morgan fingerprint density at radius 1 is 1.27 bits per heavy atom. The summed E-state index contributed by atoms with van der Waals surface area (Å²) in [5.74, 6) is 0.273. The van der Waals surface area contributed by atoms with Crippen LogP contribution in [0, 0.1) is 10.1 Å². The minimum Gasteiger partial charge on any atom is -0.372 e. The topological polar surface area (TPSA) is 114 Å². The molecule has 26 heavy (non-hydrogen) atoms. The average Bonchev–Trinajstić information content (AvgIpc) is 3.02. The van der Waals surface area contributed by atoms with Crippen molar-refractivity contribution < 1.29 is 9.72 Å². The van der Waals surface area contributed by atoms with Gasteiger partial charge in [-0.15, -0.1) is 10.2 Å². The van der Waals surface area contributed by atoms with Gasteiger partial charge in [-0.25, -0.2) is 0 Å². The molecule has 1 amide bonds. The zero-order valence-corrected chi connectivity index (χ0v) is 14.3. The van der Waals surface area contributed by atoms with Gasteiger partial charge >= 0.3 is 0 Å². The first-order valence-electron chi connectivity index (χ1n) is 8.07. The molecule has 0 bridgehead atoms. The number of anilines is 1. The van der Waals surface area contributed by atoms with Gasteiger partial charge in [0.2, 0.25) is 0 Å². The first-order chi connectivity index (χ1) is 12.5. The summed E-state index contributed by atoms with van der Waals surface area (Å²) in [6, 6.07) is 9.81. The molecule has 1 aromatic carbocycles. The Morgan fingerprint density at radius 3 is 2.81 bits per heavy atom. The van der Waals surface area contributed by atoms with Gasteiger partial charge in [-0.2, -0.15) is 0 Å². The molecular formula is C17H18N6O3. The van der Waals surface area contributed by atoms with Crippen LogP contribution in [0.4, 0.5) is 11.4 Å². The van der Waals surface area contributed by atoms with Crippen LogP contribution in [-0.4, -0.2) is 31.5 Å². The fourth-order valence-corrected chi connectivity index (χ4v) is 2.50. The number of hydrogen-bond acceptors (Lipinski definition) is 6. The third-order valence-corrected chi connectivity index (χ3v) is 3.70. The zero-order valence-electron chi connectivity index (χ0n) is 14.3. The number of nitro benzene ring substituents is 1. The van der Waals surface area contributed by atoms with Crippen molar-refractivity contribution in [1.82, 2.24) is 19.9 Å². The highest BCUT2D eigenvalue weighted by Crippen LogP contribution is 2.26. The monoisotopic (exact) mass is 354 g/mol. The predicted molar refractivity (Wildman–Crippen MR) is 96.0 cm³/mol. The lowest BCUT2D eigenvalue weighted by Gasteiger charge is -2.10. The van der Waals surface area contributed by atoms with Crippen LogP contribution in [-0.2, 0) is 6.54 Å². The predicted octanol–water partition coefficient (Wildman–Crippen LogP) is 2.39. The molecular weight excluding hydrogens is 336 g/mol. The number of carbonyl (C=O) groups excluding carboxylic acids is 1. The molecule has 9 nitrogen and oxygen atoms in total. The average molecular weight is 354 g/mol. The SMILES string of the molecule is CC(C)NC(=O)c1ccc(NCc2nnc3ccccn23)c([N+](=O)[O-])c1. The van der Waals surface area contributed by atoms with Gasteiger partial charge in [-0.3, -0.25) is 19.3 Å². The molecule has 2 aromatic heterocycles. The molecule has 0 spiro atoms. The van der Waals surface area contributed by atoms with E-state index < -0.39 is 4.92 Å². The number of aromatic nitrogens is 3. The molecule has 0 aliphatic heterocycles. The van der Waals surface area contributed by atoms with Crippen LogP contribution in [0.25, 0.3) is 5.65 Å². The summed E-state index contributed by atoms with van der Waals surface area (Å²) in [5, 5.41) is 25.2. The van der Waals surface area contributed by atoms with E-state index in [0.717, 1.165) is 0 Å². The quantitative estimate of drug-likeness (QED) is 0.519. The fourth-order valence-electron chi connectivity index (χ4n) is 2.50. The number of nitro groups is 1. The maximum Gasteiger partial charge on any atom is 0.293 e. The van der Waals surface area contributed by atoms with Crippen LogP contribution >= 0.6 is 0 Å². The summed E-state index contributed by atoms with van der Waals surface area (Å²) in [5.41, 5.74) is 1.07. The second kappa shape index (κ2) is 7.18. The van der Waals surface area contributed by atoms with Crippen LogP contribution in [0.2, 0.25) is 0 Å². The number of rotatable bonds is 6. The van der Waals surface area contributed by atoms with Gasteiger partial charge < -0.3 is 10.6 Å². The molecule has 2 heterocycles. The van der Waals surface area contributed by atoms with Crippen molar-refractivity contribution in [3.05, 3.63) is 64.1 Å². The maximum atomic E-state index is 12.1. The highest BCUT2D eigenvalue weighted by atomic mass is 16.6. The molecule has 0 saturated heterocycles. The standard InChI is InChI=1S/C17H18N6O3/c1-11(2)19-17(24)12-6-7-13(14(9-12)23(25)26)18-10-16-21-20-15-5-3-4-8-22(15)16/h3-9,11,18H,10H2,1-2H3,(H,19,24). The largest absolute Gasteiger partial charge is 0.372 e. The maximum absolute atomic E-state index is 12.1. The number of nitrogens with zero attached hydrogens (tertiary/aromatic N) is 4. The highest BCUT2D eigenvalue weighted by molar-refractivity contribution is 5.95. The Morgan fingerprint density at radius 2 is 2.08 bits per heavy atom. The molecule has 9 heteroatoms. The lowest BCUT2D eigenvalue weighted by molar-refractivity contribution is -0.384. The van der Waals surface area contributed by atoms with E-state index in [1.54, 1.807) is 10.5 Å². The summed E-state index contributed by atoms with van der Waals surface area (Å²) >= 11 is 0. The smallest absolute Gasteiger partial charge is 0.293 e. The van der Waals surface area contributed by atoms with E-state index in [2.05, 4.69) is 20.8 Å². The molecule has 0 atom stereocenters. The molecule has 3 aromatic rings. The fraction of sp³-hybridized carbons (Fsp3) is 0.235. The van der Waals surface area contributed by atoms with Crippen LogP contribution in [0.5, 0.6) is 0 Å². The number of pyridine rings is 1. The number of hydrogen-bond donors (Lipinski definition) is 2. The van der Waals surface area contributed by atoms with E-state index in [-0.39, 0.29) is 29.7 Å². The van der Waals surface area contributed by atoms with Crippen LogP contribution in [0.3, 0.4) is 0 Å². The lowest BCUT2D eigenvalue weighted by atomic mass is 10.1. The van der Waals surface area contributed by atoms with Gasteiger partial charge in [-0.05, 0) is 38.1 Å². The normalized spacial score (nSPS) is 10.9. The molecule has 3 rings (SSSR count). The second-order valence-corrected chi connectivity index (χ2v) is 6.02. The summed E-state index contributed by atoms with van der Waals surface area (Å²) < 4.78 is 1.79. The van der Waals surface area contributed by atoms with Crippen molar-refractivity contribution in [2.75, 3.05) is 5.32 Å². The summed E-state index contributed by atoms with van der Waals surface area (Å²) in [6.45, 7) is 3.90. The summed E-state index contributed by atoms with van der Waals surface area (Å²) in [6.07, 6.45) is 1.82. The Bertz CT molecular complexity index is 966. The van der Waals surface area contributed by atoms with E-state index >= 15 is 0 Å². The minimum absolute atomic E-state index is 0.0550. The molecule has 0 radical (unpaired) electrons. The first-order valence-corrected chi connectivity index (χ1v) is 8.07. The number of amides is 1. The van der Waals surface area contributed by atoms with Gasteiger partial charge in [0, 0.05) is 23.9 Å². The number of fused-ring (bicyclic) bond motifs is 1. The first kappa shape index (κ1) is 17.3. The van der Waals surface area contributed by atoms with Crippen molar-refractivity contribution >= 4 is 22.9 Å². The molecule has 0 aliphatic rings. The van der Waals surface area contributed by atoms with Crippen LogP contribution in [0.15, 0.2) is 42.6 Å². The third-order valence-electron chi connectivity index (χ3n) is 3.70. The number of nitrogens with one attached hydrogen (secondary N) is 2. The van der Waals surface area contributed by atoms with Gasteiger partial charge in [0.1, 0.15) is 5.69 Å². The van der Waals surface area contributed by atoms with E-state index in [4.69, 9.17) is 0 Å². The molecule has 0 saturated carbocycles. The van der Waals surface area contributed by atoms with E-state index in [1.807, 2.05) is 38.2 Å². The Kier molecular flexibility index (Phi) is 4.78. The van der Waals surface area contributed by atoms with Gasteiger partial charge in [-0.1, -0.05) is 6.07 Å². The summed E-state index contributed by atoms with van der Waals surface area (Å²) in [4.78, 5) is 22.9. The second-order valence-electron chi connectivity index (χ2n) is 6.02. The van der Waals surface area contributed by atoms with Crippen molar-refractivity contribution in [1.29, 1.82) is 0 Å². The zero-order chi connectivity index (χ0) is 18.7.